The van der Waals surface area contributed by atoms with Crippen LogP contribution in [0, 0.1) is 0 Å². The molecule has 0 heterocycles. The summed E-state index contributed by atoms with van der Waals surface area (Å²) in [5, 5.41) is 8.67. The summed E-state index contributed by atoms with van der Waals surface area (Å²) in [7, 11) is 0. The summed E-state index contributed by atoms with van der Waals surface area (Å²) in [6, 6.07) is 5.97. The van der Waals surface area contributed by atoms with E-state index in [4.69, 9.17) is 14.7 Å². The van der Waals surface area contributed by atoms with Gasteiger partial charge in [-0.25, -0.2) is 4.79 Å². The molecule has 0 fully saturated rings. The summed E-state index contributed by atoms with van der Waals surface area (Å²) in [5.41, 5.74) is 2.69. The van der Waals surface area contributed by atoms with Gasteiger partial charge in [0.25, 0.3) is 0 Å². The van der Waals surface area contributed by atoms with Crippen molar-refractivity contribution >= 4 is 5.97 Å². The van der Waals surface area contributed by atoms with Crippen molar-refractivity contribution in [3.05, 3.63) is 42.3 Å². The van der Waals surface area contributed by atoms with Gasteiger partial charge < -0.3 is 14.7 Å². The Morgan fingerprint density at radius 3 is 2.56 bits per heavy atom. The van der Waals surface area contributed by atoms with Crippen molar-refractivity contribution in [3.63, 3.8) is 0 Å². The monoisotopic (exact) mass is 223 g/mol. The van der Waals surface area contributed by atoms with E-state index >= 15 is 0 Å². The molecule has 0 aliphatic heterocycles. The highest BCUT2D eigenvalue weighted by Gasteiger charge is 2.02. The van der Waals surface area contributed by atoms with Crippen molar-refractivity contribution in [1.29, 1.82) is 0 Å². The average Bonchev–Trinajstić information content (AvgIpc) is 2.27. The van der Waals surface area contributed by atoms with Crippen LogP contribution in [0.1, 0.15) is 17.3 Å². The fourth-order valence-electron chi connectivity index (χ4n) is 0.985. The van der Waals surface area contributed by atoms with E-state index in [0.29, 0.717) is 18.2 Å². The van der Waals surface area contributed by atoms with Gasteiger partial charge in [-0.3, -0.25) is 0 Å². The lowest BCUT2D eigenvalue weighted by Crippen LogP contribution is -2.19. The van der Waals surface area contributed by atoms with Crippen molar-refractivity contribution in [2.24, 2.45) is 0 Å². The minimum absolute atomic E-state index is 0.205. The number of benzene rings is 1. The molecule has 1 aromatic carbocycles. The van der Waals surface area contributed by atoms with E-state index in [1.165, 1.54) is 24.3 Å². The zero-order valence-electron chi connectivity index (χ0n) is 8.90. The number of carbonyl (C=O) groups is 1. The number of carboxylic acid groups (broad SMARTS) is 1. The van der Waals surface area contributed by atoms with Gasteiger partial charge >= 0.3 is 5.97 Å². The molecule has 0 saturated carbocycles. The number of hydroxylamine groups is 1. The van der Waals surface area contributed by atoms with Crippen LogP contribution in [0.15, 0.2) is 36.7 Å². The maximum Gasteiger partial charge on any atom is 0.335 e. The van der Waals surface area contributed by atoms with Gasteiger partial charge in [0.2, 0.25) is 5.88 Å². The van der Waals surface area contributed by atoms with Gasteiger partial charge in [-0.05, 0) is 37.8 Å². The number of ether oxygens (including phenoxy) is 1. The molecule has 0 aromatic heterocycles. The van der Waals surface area contributed by atoms with Crippen LogP contribution < -0.4 is 10.3 Å². The zero-order valence-corrected chi connectivity index (χ0v) is 8.90. The molecule has 1 rings (SSSR count). The van der Waals surface area contributed by atoms with Crippen LogP contribution >= 0.6 is 0 Å². The first-order valence-electron chi connectivity index (χ1n) is 4.71. The van der Waals surface area contributed by atoms with Crippen molar-refractivity contribution in [2.75, 3.05) is 6.61 Å². The average molecular weight is 223 g/mol. The molecule has 86 valence electrons. The molecule has 0 unspecified atom stereocenters. The van der Waals surface area contributed by atoms with Crippen LogP contribution in [0.5, 0.6) is 5.75 Å². The summed E-state index contributed by atoms with van der Waals surface area (Å²) in [4.78, 5) is 15.7. The van der Waals surface area contributed by atoms with E-state index in [-0.39, 0.29) is 5.56 Å². The van der Waals surface area contributed by atoms with Gasteiger partial charge in [0, 0.05) is 0 Å². The first-order valence-corrected chi connectivity index (χ1v) is 4.71. The number of rotatable bonds is 6. The van der Waals surface area contributed by atoms with Crippen LogP contribution in [-0.4, -0.2) is 17.7 Å². The Morgan fingerprint density at radius 1 is 1.44 bits per heavy atom. The Bertz CT molecular complexity index is 372. The summed E-state index contributed by atoms with van der Waals surface area (Å²) < 4.78 is 5.00. The lowest BCUT2D eigenvalue weighted by molar-refractivity contribution is 0.0696. The number of aromatic carboxylic acids is 1. The molecule has 0 saturated heterocycles. The third-order valence-electron chi connectivity index (χ3n) is 1.70. The fourth-order valence-corrected chi connectivity index (χ4v) is 0.985. The van der Waals surface area contributed by atoms with Gasteiger partial charge in [0.05, 0.1) is 12.2 Å². The first-order chi connectivity index (χ1) is 7.63. The van der Waals surface area contributed by atoms with Crippen LogP contribution in [0.4, 0.5) is 0 Å². The topological polar surface area (TPSA) is 67.8 Å². The minimum atomic E-state index is -0.974. The Hall–Kier alpha value is -2.17. The Kier molecular flexibility index (Phi) is 4.20. The van der Waals surface area contributed by atoms with Crippen LogP contribution in [0.2, 0.25) is 0 Å². The molecular formula is C11H13NO4. The van der Waals surface area contributed by atoms with Gasteiger partial charge in [-0.15, -0.1) is 0 Å². The Labute approximate surface area is 93.3 Å². The highest BCUT2D eigenvalue weighted by molar-refractivity contribution is 5.87. The second kappa shape index (κ2) is 5.65. The van der Waals surface area contributed by atoms with Crippen molar-refractivity contribution in [3.8, 4) is 5.75 Å². The summed E-state index contributed by atoms with van der Waals surface area (Å²) in [6.07, 6.45) is 0. The molecule has 16 heavy (non-hydrogen) atoms. The predicted molar refractivity (Wildman–Crippen MR) is 57.9 cm³/mol. The van der Waals surface area contributed by atoms with E-state index in [9.17, 15) is 4.79 Å². The molecule has 0 amide bonds. The quantitative estimate of drug-likeness (QED) is 0.568. The highest BCUT2D eigenvalue weighted by Crippen LogP contribution is 2.11. The normalized spacial score (nSPS) is 9.31. The molecule has 0 aliphatic carbocycles. The zero-order chi connectivity index (χ0) is 12.0. The lowest BCUT2D eigenvalue weighted by Gasteiger charge is -2.10. The second-order valence-electron chi connectivity index (χ2n) is 2.89. The van der Waals surface area contributed by atoms with Crippen LogP contribution in [0.3, 0.4) is 0 Å². The fraction of sp³-hybridized carbons (Fsp3) is 0.182. The molecule has 5 heteroatoms. The van der Waals surface area contributed by atoms with E-state index in [1.807, 2.05) is 6.92 Å². The second-order valence-corrected chi connectivity index (χ2v) is 2.89. The standard InChI is InChI=1S/C11H13NO4/c1-3-15-8(2)12-16-10-6-4-9(5-7-10)11(13)14/h4-7,12H,2-3H2,1H3,(H,13,14). The van der Waals surface area contributed by atoms with Gasteiger partial charge in [0.1, 0.15) is 0 Å². The van der Waals surface area contributed by atoms with E-state index < -0.39 is 5.97 Å². The highest BCUT2D eigenvalue weighted by atomic mass is 16.7. The predicted octanol–water partition coefficient (Wildman–Crippen LogP) is 1.78. The largest absolute Gasteiger partial charge is 0.478 e. The molecule has 0 spiro atoms. The molecule has 0 atom stereocenters. The number of carboxylic acids is 1. The first kappa shape index (κ1) is 11.9. The van der Waals surface area contributed by atoms with Crippen molar-refractivity contribution < 1.29 is 19.5 Å². The maximum atomic E-state index is 10.6. The summed E-state index contributed by atoms with van der Waals surface area (Å²) in [6.45, 7) is 5.87. The SMILES string of the molecule is C=C(NOc1ccc(C(=O)O)cc1)OCC. The third-order valence-corrected chi connectivity index (χ3v) is 1.70. The molecule has 5 nitrogen and oxygen atoms in total. The third kappa shape index (κ3) is 3.53. The molecule has 0 bridgehead atoms. The summed E-state index contributed by atoms with van der Waals surface area (Å²) in [5.74, 6) is -0.200. The number of hydrogen-bond acceptors (Lipinski definition) is 4. The number of nitrogens with one attached hydrogen (secondary N) is 1. The van der Waals surface area contributed by atoms with Crippen molar-refractivity contribution in [2.45, 2.75) is 6.92 Å². The van der Waals surface area contributed by atoms with Gasteiger partial charge in [0.15, 0.2) is 5.75 Å². The lowest BCUT2D eigenvalue weighted by atomic mass is 10.2. The number of hydrogen-bond donors (Lipinski definition) is 2. The molecule has 0 aliphatic rings. The Morgan fingerprint density at radius 2 is 2.06 bits per heavy atom. The maximum absolute atomic E-state index is 10.6. The van der Waals surface area contributed by atoms with Crippen molar-refractivity contribution in [1.82, 2.24) is 5.48 Å². The molecule has 1 aromatic rings. The molecule has 2 N–H and O–H groups in total. The summed E-state index contributed by atoms with van der Waals surface area (Å²) >= 11 is 0. The minimum Gasteiger partial charge on any atom is -0.478 e. The molecule has 0 radical (unpaired) electrons. The van der Waals surface area contributed by atoms with Gasteiger partial charge in [-0.2, -0.15) is 5.48 Å². The van der Waals surface area contributed by atoms with Crippen LogP contribution in [0.25, 0.3) is 0 Å². The van der Waals surface area contributed by atoms with Gasteiger partial charge in [-0.1, -0.05) is 0 Å². The Balaban J connectivity index is 2.49. The van der Waals surface area contributed by atoms with E-state index in [1.54, 1.807) is 0 Å². The molecular weight excluding hydrogens is 210 g/mol. The smallest absolute Gasteiger partial charge is 0.335 e. The van der Waals surface area contributed by atoms with E-state index in [0.717, 1.165) is 0 Å². The van der Waals surface area contributed by atoms with Crippen LogP contribution in [-0.2, 0) is 4.74 Å². The van der Waals surface area contributed by atoms with E-state index in [2.05, 4.69) is 12.1 Å².